The number of carbonyl (C=O) groups excluding carboxylic acids is 1. The minimum absolute atomic E-state index is 0.0141. The molecule has 0 spiro atoms. The number of hydrogen-bond donors (Lipinski definition) is 1. The first-order valence-corrected chi connectivity index (χ1v) is 6.48. The van der Waals surface area contributed by atoms with E-state index >= 15 is 0 Å². The number of amides is 1. The normalized spacial score (nSPS) is 19.6. The highest BCUT2D eigenvalue weighted by Gasteiger charge is 2.34. The van der Waals surface area contributed by atoms with Crippen molar-refractivity contribution in [2.45, 2.75) is 25.1 Å². The SMILES string of the molecule is COC1CCCN(c2nc(C(F)(F)F)ccc2C(N)=O)C1. The fraction of sp³-hybridized carbons (Fsp3) is 0.538. The van der Waals surface area contributed by atoms with Crippen LogP contribution < -0.4 is 10.6 Å². The Bertz CT molecular complexity index is 534. The Hall–Kier alpha value is -1.83. The Labute approximate surface area is 119 Å². The highest BCUT2D eigenvalue weighted by molar-refractivity contribution is 5.97. The maximum atomic E-state index is 12.8. The third kappa shape index (κ3) is 3.44. The van der Waals surface area contributed by atoms with Crippen LogP contribution in [0.2, 0.25) is 0 Å². The van der Waals surface area contributed by atoms with Crippen molar-refractivity contribution < 1.29 is 22.7 Å². The van der Waals surface area contributed by atoms with Gasteiger partial charge in [-0.1, -0.05) is 0 Å². The molecular formula is C13H16F3N3O2. The lowest BCUT2D eigenvalue weighted by atomic mass is 10.1. The Balaban J connectivity index is 2.41. The Morgan fingerprint density at radius 3 is 2.76 bits per heavy atom. The molecule has 1 aromatic rings. The second kappa shape index (κ2) is 5.88. The summed E-state index contributed by atoms with van der Waals surface area (Å²) in [5, 5.41) is 0. The number of methoxy groups -OCH3 is 1. The predicted octanol–water partition coefficient (Wildman–Crippen LogP) is 1.81. The summed E-state index contributed by atoms with van der Waals surface area (Å²) in [6, 6.07) is 1.84. The lowest BCUT2D eigenvalue weighted by Crippen LogP contribution is -2.41. The van der Waals surface area contributed by atoms with E-state index < -0.39 is 17.8 Å². The summed E-state index contributed by atoms with van der Waals surface area (Å²) in [4.78, 5) is 16.6. The van der Waals surface area contributed by atoms with Gasteiger partial charge in [0.25, 0.3) is 5.91 Å². The molecule has 2 heterocycles. The van der Waals surface area contributed by atoms with Crippen LogP contribution in [0.25, 0.3) is 0 Å². The average molecular weight is 303 g/mol. The highest BCUT2D eigenvalue weighted by Crippen LogP contribution is 2.31. The van der Waals surface area contributed by atoms with E-state index in [1.54, 1.807) is 12.0 Å². The van der Waals surface area contributed by atoms with Crippen LogP contribution in [0.5, 0.6) is 0 Å². The molecule has 116 valence electrons. The first-order chi connectivity index (χ1) is 9.82. The zero-order valence-corrected chi connectivity index (χ0v) is 11.5. The van der Waals surface area contributed by atoms with E-state index in [1.807, 2.05) is 0 Å². The molecule has 5 nitrogen and oxygen atoms in total. The molecule has 0 aliphatic carbocycles. The van der Waals surface area contributed by atoms with Gasteiger partial charge in [-0.3, -0.25) is 4.79 Å². The number of alkyl halides is 3. The number of aromatic nitrogens is 1. The Kier molecular flexibility index (Phi) is 4.36. The number of ether oxygens (including phenoxy) is 1. The highest BCUT2D eigenvalue weighted by atomic mass is 19.4. The number of anilines is 1. The third-order valence-electron chi connectivity index (χ3n) is 3.44. The van der Waals surface area contributed by atoms with Gasteiger partial charge in [0.1, 0.15) is 11.5 Å². The molecule has 1 amide bonds. The van der Waals surface area contributed by atoms with Crippen molar-refractivity contribution in [3.63, 3.8) is 0 Å². The van der Waals surface area contributed by atoms with Crippen LogP contribution in [0.4, 0.5) is 19.0 Å². The van der Waals surface area contributed by atoms with Crippen molar-refractivity contribution in [3.8, 4) is 0 Å². The van der Waals surface area contributed by atoms with Crippen molar-refractivity contribution in [1.29, 1.82) is 0 Å². The van der Waals surface area contributed by atoms with Gasteiger partial charge in [-0.05, 0) is 25.0 Å². The summed E-state index contributed by atoms with van der Waals surface area (Å²) < 4.78 is 43.6. The molecule has 21 heavy (non-hydrogen) atoms. The fourth-order valence-corrected chi connectivity index (χ4v) is 2.36. The van der Waals surface area contributed by atoms with Gasteiger partial charge in [-0.15, -0.1) is 0 Å². The van der Waals surface area contributed by atoms with Gasteiger partial charge < -0.3 is 15.4 Å². The number of nitrogens with two attached hydrogens (primary N) is 1. The summed E-state index contributed by atoms with van der Waals surface area (Å²) in [6.45, 7) is 0.888. The van der Waals surface area contributed by atoms with Crippen LogP contribution in [0.3, 0.4) is 0 Å². The quantitative estimate of drug-likeness (QED) is 0.924. The van der Waals surface area contributed by atoms with Crippen LogP contribution in [-0.2, 0) is 10.9 Å². The van der Waals surface area contributed by atoms with Gasteiger partial charge in [0.05, 0.1) is 11.7 Å². The minimum Gasteiger partial charge on any atom is -0.380 e. The standard InChI is InChI=1S/C13H16F3N3O2/c1-21-8-3-2-6-19(7-8)12-9(11(17)20)4-5-10(18-12)13(14,15)16/h4-5,8H,2-3,6-7H2,1H3,(H2,17,20). The van der Waals surface area contributed by atoms with Crippen LogP contribution >= 0.6 is 0 Å². The number of carbonyl (C=O) groups is 1. The van der Waals surface area contributed by atoms with Gasteiger partial charge in [-0.25, -0.2) is 4.98 Å². The molecule has 0 bridgehead atoms. The summed E-state index contributed by atoms with van der Waals surface area (Å²) >= 11 is 0. The molecular weight excluding hydrogens is 287 g/mol. The number of rotatable bonds is 3. The van der Waals surface area contributed by atoms with E-state index in [0.29, 0.717) is 13.1 Å². The van der Waals surface area contributed by atoms with Crippen LogP contribution in [0.1, 0.15) is 28.9 Å². The first kappa shape index (κ1) is 15.6. The molecule has 1 unspecified atom stereocenters. The minimum atomic E-state index is -4.57. The third-order valence-corrected chi connectivity index (χ3v) is 3.44. The van der Waals surface area contributed by atoms with Crippen molar-refractivity contribution in [3.05, 3.63) is 23.4 Å². The van der Waals surface area contributed by atoms with Crippen molar-refractivity contribution >= 4 is 11.7 Å². The lowest BCUT2D eigenvalue weighted by molar-refractivity contribution is -0.141. The smallest absolute Gasteiger partial charge is 0.380 e. The zero-order chi connectivity index (χ0) is 15.6. The molecule has 8 heteroatoms. The summed E-state index contributed by atoms with van der Waals surface area (Å²) in [5.74, 6) is -0.829. The van der Waals surface area contributed by atoms with Gasteiger partial charge in [-0.2, -0.15) is 13.2 Å². The van der Waals surface area contributed by atoms with Gasteiger partial charge in [0.15, 0.2) is 0 Å². The van der Waals surface area contributed by atoms with Crippen molar-refractivity contribution in [1.82, 2.24) is 4.98 Å². The van der Waals surface area contributed by atoms with E-state index in [1.165, 1.54) is 0 Å². The molecule has 0 aromatic carbocycles. The molecule has 1 aromatic heterocycles. The molecule has 1 aliphatic rings. The molecule has 2 rings (SSSR count). The van der Waals surface area contributed by atoms with Crippen LogP contribution in [-0.4, -0.2) is 37.2 Å². The van der Waals surface area contributed by atoms with E-state index in [2.05, 4.69) is 4.98 Å². The Morgan fingerprint density at radius 2 is 2.19 bits per heavy atom. The molecule has 1 saturated heterocycles. The van der Waals surface area contributed by atoms with E-state index in [-0.39, 0.29) is 17.5 Å². The number of halogens is 3. The number of piperidine rings is 1. The van der Waals surface area contributed by atoms with Gasteiger partial charge in [0.2, 0.25) is 0 Å². The van der Waals surface area contributed by atoms with Crippen molar-refractivity contribution in [2.24, 2.45) is 5.73 Å². The van der Waals surface area contributed by atoms with Gasteiger partial charge >= 0.3 is 6.18 Å². The van der Waals surface area contributed by atoms with Crippen molar-refractivity contribution in [2.75, 3.05) is 25.1 Å². The molecule has 0 radical (unpaired) electrons. The van der Waals surface area contributed by atoms with Crippen LogP contribution in [0.15, 0.2) is 12.1 Å². The molecule has 0 saturated carbocycles. The summed E-state index contributed by atoms with van der Waals surface area (Å²) in [7, 11) is 1.54. The number of hydrogen-bond acceptors (Lipinski definition) is 4. The summed E-state index contributed by atoms with van der Waals surface area (Å²) in [6.07, 6.45) is -3.11. The first-order valence-electron chi connectivity index (χ1n) is 6.48. The van der Waals surface area contributed by atoms with E-state index in [0.717, 1.165) is 25.0 Å². The number of primary amides is 1. The zero-order valence-electron chi connectivity index (χ0n) is 11.5. The molecule has 1 fully saturated rings. The maximum Gasteiger partial charge on any atom is 0.433 e. The van der Waals surface area contributed by atoms with E-state index in [9.17, 15) is 18.0 Å². The molecule has 1 aliphatic heterocycles. The number of nitrogens with zero attached hydrogens (tertiary/aromatic N) is 2. The lowest BCUT2D eigenvalue weighted by Gasteiger charge is -2.33. The average Bonchev–Trinajstić information content (AvgIpc) is 2.45. The number of pyridine rings is 1. The topological polar surface area (TPSA) is 68.4 Å². The molecule has 2 N–H and O–H groups in total. The predicted molar refractivity (Wildman–Crippen MR) is 70.0 cm³/mol. The monoisotopic (exact) mass is 303 g/mol. The second-order valence-corrected chi connectivity index (χ2v) is 4.88. The Morgan fingerprint density at radius 1 is 1.48 bits per heavy atom. The van der Waals surface area contributed by atoms with Gasteiger partial charge in [0, 0.05) is 20.2 Å². The summed E-state index contributed by atoms with van der Waals surface area (Å²) in [5.41, 5.74) is 4.18. The maximum absolute atomic E-state index is 12.8. The molecule has 1 atom stereocenters. The van der Waals surface area contributed by atoms with Crippen LogP contribution in [0, 0.1) is 0 Å². The largest absolute Gasteiger partial charge is 0.433 e. The second-order valence-electron chi connectivity index (χ2n) is 4.88. The fourth-order valence-electron chi connectivity index (χ4n) is 2.36. The van der Waals surface area contributed by atoms with E-state index in [4.69, 9.17) is 10.5 Å².